The number of benzene rings is 3. The fourth-order valence-electron chi connectivity index (χ4n) is 2.91. The summed E-state index contributed by atoms with van der Waals surface area (Å²) in [6.07, 6.45) is 1.58. The number of hydrogen-bond donors (Lipinski definition) is 1. The molecule has 0 fully saturated rings. The molecule has 0 saturated carbocycles. The Kier molecular flexibility index (Phi) is 8.15. The highest BCUT2D eigenvalue weighted by Crippen LogP contribution is 2.35. The van der Waals surface area contributed by atoms with Gasteiger partial charge in [0.15, 0.2) is 0 Å². The number of ether oxygens (including phenoxy) is 1. The molecule has 0 atom stereocenters. The fraction of sp³-hybridized carbons (Fsp3) is 0.200. The van der Waals surface area contributed by atoms with E-state index in [0.29, 0.717) is 22.9 Å². The number of carbonyl (C=O) groups excluding carboxylic acids is 1. The molecule has 0 saturated heterocycles. The van der Waals surface area contributed by atoms with Crippen LogP contribution in [0, 0.1) is 0 Å². The minimum absolute atomic E-state index is 0.0389. The molecule has 3 aromatic rings. The van der Waals surface area contributed by atoms with E-state index in [4.69, 9.17) is 16.3 Å². The predicted octanol–water partition coefficient (Wildman–Crippen LogP) is 7.51. The van der Waals surface area contributed by atoms with E-state index in [0.717, 1.165) is 20.1 Å². The lowest BCUT2D eigenvalue weighted by atomic mass is 9.87. The van der Waals surface area contributed by atoms with E-state index in [1.54, 1.807) is 6.21 Å². The zero-order chi connectivity index (χ0) is 23.3. The van der Waals surface area contributed by atoms with Crippen LogP contribution in [0.3, 0.4) is 0 Å². The molecule has 0 aliphatic rings. The van der Waals surface area contributed by atoms with Crippen LogP contribution in [0.4, 0.5) is 0 Å². The lowest BCUT2D eigenvalue weighted by molar-refractivity contribution is 0.0955. The Morgan fingerprint density at radius 2 is 1.69 bits per heavy atom. The van der Waals surface area contributed by atoms with Gasteiger partial charge in [0, 0.05) is 16.1 Å². The molecule has 0 aliphatic carbocycles. The molecular formula is C25H23Br2ClN2O2. The van der Waals surface area contributed by atoms with E-state index < -0.39 is 0 Å². The van der Waals surface area contributed by atoms with Gasteiger partial charge in [0.1, 0.15) is 12.4 Å². The standard InChI is InChI=1S/C25H23Br2ClN2O2/c1-25(2,3)19-10-8-17(9-11-19)24(31)30-29-14-16-12-20(26)23(21(27)13-16)32-15-18-6-4-5-7-22(18)28/h4-14H,15H2,1-3H3,(H,30,31)/b29-14-. The van der Waals surface area contributed by atoms with Crippen LogP contribution in [0.2, 0.25) is 5.02 Å². The van der Waals surface area contributed by atoms with Crippen LogP contribution in [0.1, 0.15) is 47.8 Å². The Bertz CT molecular complexity index is 1120. The van der Waals surface area contributed by atoms with Gasteiger partial charge in [-0.1, -0.05) is 62.7 Å². The first kappa shape index (κ1) is 24.5. The summed E-state index contributed by atoms with van der Waals surface area (Å²) in [7, 11) is 0. The number of hydrazone groups is 1. The summed E-state index contributed by atoms with van der Waals surface area (Å²) in [5.41, 5.74) is 6.02. The second kappa shape index (κ2) is 10.6. The van der Waals surface area contributed by atoms with E-state index in [-0.39, 0.29) is 11.3 Å². The van der Waals surface area contributed by atoms with Gasteiger partial charge in [-0.25, -0.2) is 5.43 Å². The van der Waals surface area contributed by atoms with Gasteiger partial charge >= 0.3 is 0 Å². The van der Waals surface area contributed by atoms with Crippen molar-refractivity contribution in [2.75, 3.05) is 0 Å². The zero-order valence-corrected chi connectivity index (χ0v) is 21.9. The zero-order valence-electron chi connectivity index (χ0n) is 18.0. The molecule has 166 valence electrons. The van der Waals surface area contributed by atoms with Crippen LogP contribution in [0.25, 0.3) is 0 Å². The van der Waals surface area contributed by atoms with Gasteiger partial charge in [-0.3, -0.25) is 4.79 Å². The van der Waals surface area contributed by atoms with Crippen molar-refractivity contribution >= 4 is 55.6 Å². The molecule has 3 aromatic carbocycles. The molecule has 0 heterocycles. The first-order chi connectivity index (χ1) is 15.1. The van der Waals surface area contributed by atoms with Gasteiger partial charge < -0.3 is 4.74 Å². The number of carbonyl (C=O) groups is 1. The summed E-state index contributed by atoms with van der Waals surface area (Å²) >= 11 is 13.3. The molecule has 7 heteroatoms. The van der Waals surface area contributed by atoms with E-state index >= 15 is 0 Å². The van der Waals surface area contributed by atoms with Crippen LogP contribution in [-0.2, 0) is 12.0 Å². The Morgan fingerprint density at radius 3 is 2.28 bits per heavy atom. The number of nitrogens with zero attached hydrogens (tertiary/aromatic N) is 1. The quantitative estimate of drug-likeness (QED) is 0.243. The maximum atomic E-state index is 12.4. The average molecular weight is 579 g/mol. The number of amides is 1. The largest absolute Gasteiger partial charge is 0.486 e. The van der Waals surface area contributed by atoms with Crippen molar-refractivity contribution in [3.8, 4) is 5.75 Å². The third-order valence-corrected chi connectivity index (χ3v) is 6.29. The Balaban J connectivity index is 1.63. The molecular weight excluding hydrogens is 556 g/mol. The minimum Gasteiger partial charge on any atom is -0.486 e. The van der Waals surface area contributed by atoms with E-state index in [9.17, 15) is 4.79 Å². The van der Waals surface area contributed by atoms with Gasteiger partial charge in [-0.05, 0) is 78.7 Å². The van der Waals surface area contributed by atoms with Crippen molar-refractivity contribution < 1.29 is 9.53 Å². The molecule has 0 spiro atoms. The molecule has 0 unspecified atom stereocenters. The third kappa shape index (κ3) is 6.44. The van der Waals surface area contributed by atoms with E-state index in [1.807, 2.05) is 60.7 Å². The summed E-state index contributed by atoms with van der Waals surface area (Å²) in [6, 6.07) is 18.8. The highest BCUT2D eigenvalue weighted by Gasteiger charge is 2.14. The topological polar surface area (TPSA) is 50.7 Å². The summed E-state index contributed by atoms with van der Waals surface area (Å²) in [5, 5.41) is 4.74. The normalized spacial score (nSPS) is 11.6. The number of halogens is 3. The number of hydrogen-bond acceptors (Lipinski definition) is 3. The molecule has 0 aliphatic heterocycles. The maximum Gasteiger partial charge on any atom is 0.271 e. The second-order valence-corrected chi connectivity index (χ2v) is 10.3. The predicted molar refractivity (Wildman–Crippen MR) is 138 cm³/mol. The molecule has 32 heavy (non-hydrogen) atoms. The van der Waals surface area contributed by atoms with Crippen LogP contribution in [-0.4, -0.2) is 12.1 Å². The molecule has 0 bridgehead atoms. The smallest absolute Gasteiger partial charge is 0.271 e. The minimum atomic E-state index is -0.264. The van der Waals surface area contributed by atoms with E-state index in [2.05, 4.69) is 63.2 Å². The van der Waals surface area contributed by atoms with Gasteiger partial charge in [0.2, 0.25) is 0 Å². The van der Waals surface area contributed by atoms with Crippen molar-refractivity contribution in [3.63, 3.8) is 0 Å². The SMILES string of the molecule is CC(C)(C)c1ccc(C(=O)N/N=C\c2cc(Br)c(OCc3ccccc3Cl)c(Br)c2)cc1. The van der Waals surface area contributed by atoms with Crippen LogP contribution in [0.5, 0.6) is 5.75 Å². The lowest BCUT2D eigenvalue weighted by Gasteiger charge is -2.18. The van der Waals surface area contributed by atoms with Crippen LogP contribution >= 0.6 is 43.5 Å². The molecule has 0 aromatic heterocycles. The second-order valence-electron chi connectivity index (χ2n) is 8.22. The summed E-state index contributed by atoms with van der Waals surface area (Å²) in [5.74, 6) is 0.393. The third-order valence-electron chi connectivity index (χ3n) is 4.74. The van der Waals surface area contributed by atoms with Crippen molar-refractivity contribution in [3.05, 3.63) is 96.9 Å². The molecule has 1 amide bonds. The van der Waals surface area contributed by atoms with Crippen LogP contribution < -0.4 is 10.2 Å². The summed E-state index contributed by atoms with van der Waals surface area (Å²) in [4.78, 5) is 12.4. The number of nitrogens with one attached hydrogen (secondary N) is 1. The Hall–Kier alpha value is -2.15. The van der Waals surface area contributed by atoms with Crippen molar-refractivity contribution in [2.45, 2.75) is 32.8 Å². The fourth-order valence-corrected chi connectivity index (χ4v) is 4.55. The average Bonchev–Trinajstić information content (AvgIpc) is 2.74. The van der Waals surface area contributed by atoms with Crippen LogP contribution in [0.15, 0.2) is 74.7 Å². The van der Waals surface area contributed by atoms with Crippen molar-refractivity contribution in [1.29, 1.82) is 0 Å². The first-order valence-corrected chi connectivity index (χ1v) is 11.9. The highest BCUT2D eigenvalue weighted by molar-refractivity contribution is 9.11. The Morgan fingerprint density at radius 1 is 1.06 bits per heavy atom. The molecule has 0 radical (unpaired) electrons. The monoisotopic (exact) mass is 576 g/mol. The van der Waals surface area contributed by atoms with Gasteiger partial charge in [-0.15, -0.1) is 0 Å². The molecule has 4 nitrogen and oxygen atoms in total. The van der Waals surface area contributed by atoms with Crippen molar-refractivity contribution in [2.24, 2.45) is 5.10 Å². The van der Waals surface area contributed by atoms with Crippen molar-refractivity contribution in [1.82, 2.24) is 5.43 Å². The first-order valence-electron chi connectivity index (χ1n) is 9.94. The summed E-state index contributed by atoms with van der Waals surface area (Å²) < 4.78 is 7.44. The van der Waals surface area contributed by atoms with Gasteiger partial charge in [0.05, 0.1) is 15.2 Å². The molecule has 3 rings (SSSR count). The highest BCUT2D eigenvalue weighted by atomic mass is 79.9. The van der Waals surface area contributed by atoms with Gasteiger partial charge in [-0.2, -0.15) is 5.10 Å². The Labute approximate surface area is 210 Å². The molecule has 1 N–H and O–H groups in total. The summed E-state index contributed by atoms with van der Waals surface area (Å²) in [6.45, 7) is 6.75. The maximum absolute atomic E-state index is 12.4. The van der Waals surface area contributed by atoms with Gasteiger partial charge in [0.25, 0.3) is 5.91 Å². The van der Waals surface area contributed by atoms with E-state index in [1.165, 1.54) is 5.56 Å². The number of rotatable bonds is 6. The lowest BCUT2D eigenvalue weighted by Crippen LogP contribution is -2.18.